The molecule has 2 heterocycles. The van der Waals surface area contributed by atoms with Gasteiger partial charge >= 0.3 is 0 Å². The van der Waals surface area contributed by atoms with Crippen molar-refractivity contribution in [2.24, 2.45) is 0 Å². The Labute approximate surface area is 154 Å². The normalized spacial score (nSPS) is 18.4. The van der Waals surface area contributed by atoms with E-state index in [4.69, 9.17) is 18.9 Å². The third-order valence-electron chi connectivity index (χ3n) is 5.61. The molecule has 1 atom stereocenters. The van der Waals surface area contributed by atoms with Gasteiger partial charge in [0.25, 0.3) is 0 Å². The second-order valence-electron chi connectivity index (χ2n) is 6.82. The second-order valence-corrected chi connectivity index (χ2v) is 6.82. The number of methoxy groups -OCH3 is 4. The molecule has 0 N–H and O–H groups in total. The van der Waals surface area contributed by atoms with E-state index in [9.17, 15) is 0 Å². The first-order chi connectivity index (χ1) is 12.7. The van der Waals surface area contributed by atoms with Crippen molar-refractivity contribution in [1.82, 2.24) is 4.90 Å². The van der Waals surface area contributed by atoms with Gasteiger partial charge in [0.1, 0.15) is 0 Å². The Morgan fingerprint density at radius 2 is 1.27 bits per heavy atom. The van der Waals surface area contributed by atoms with Crippen LogP contribution in [0.5, 0.6) is 23.0 Å². The first-order valence-electron chi connectivity index (χ1n) is 8.91. The van der Waals surface area contributed by atoms with Gasteiger partial charge in [-0.3, -0.25) is 4.90 Å². The Hall–Kier alpha value is -2.40. The highest BCUT2D eigenvalue weighted by Gasteiger charge is 2.34. The van der Waals surface area contributed by atoms with E-state index >= 15 is 0 Å². The highest BCUT2D eigenvalue weighted by Crippen LogP contribution is 2.44. The number of nitrogens with zero attached hydrogens (tertiary/aromatic N) is 1. The summed E-state index contributed by atoms with van der Waals surface area (Å²) in [5.74, 6) is 3.20. The Morgan fingerprint density at radius 1 is 0.731 bits per heavy atom. The van der Waals surface area contributed by atoms with E-state index < -0.39 is 0 Å². The Bertz CT molecular complexity index is 822. The fraction of sp³-hybridized carbons (Fsp3) is 0.429. The average molecular weight is 355 g/mol. The summed E-state index contributed by atoms with van der Waals surface area (Å²) in [5.41, 5.74) is 5.35. The molecule has 2 aromatic carbocycles. The minimum absolute atomic E-state index is 0.351. The van der Waals surface area contributed by atoms with Crippen molar-refractivity contribution in [3.63, 3.8) is 0 Å². The molecule has 0 saturated carbocycles. The summed E-state index contributed by atoms with van der Waals surface area (Å²) in [7, 11) is 6.76. The van der Waals surface area contributed by atoms with Crippen LogP contribution < -0.4 is 18.9 Å². The first-order valence-corrected chi connectivity index (χ1v) is 8.91. The van der Waals surface area contributed by atoms with E-state index in [-0.39, 0.29) is 0 Å². The van der Waals surface area contributed by atoms with Crippen molar-refractivity contribution in [2.45, 2.75) is 25.4 Å². The molecular weight excluding hydrogens is 330 g/mol. The number of hydrogen-bond donors (Lipinski definition) is 0. The van der Waals surface area contributed by atoms with Gasteiger partial charge in [-0.15, -0.1) is 0 Å². The maximum atomic E-state index is 5.53. The van der Waals surface area contributed by atoms with Crippen LogP contribution in [0.25, 0.3) is 0 Å². The van der Waals surface area contributed by atoms with Gasteiger partial charge in [0.05, 0.1) is 28.4 Å². The minimum Gasteiger partial charge on any atom is -0.493 e. The molecule has 0 aliphatic carbocycles. The van der Waals surface area contributed by atoms with Crippen LogP contribution in [0.2, 0.25) is 0 Å². The Kier molecular flexibility index (Phi) is 4.41. The molecule has 0 fully saturated rings. The van der Waals surface area contributed by atoms with Crippen LogP contribution in [0.15, 0.2) is 24.3 Å². The van der Waals surface area contributed by atoms with Crippen molar-refractivity contribution < 1.29 is 18.9 Å². The van der Waals surface area contributed by atoms with Gasteiger partial charge < -0.3 is 18.9 Å². The van der Waals surface area contributed by atoms with Gasteiger partial charge in [-0.05, 0) is 59.4 Å². The molecular formula is C21H25NO4. The van der Waals surface area contributed by atoms with E-state index in [0.29, 0.717) is 6.04 Å². The molecule has 4 rings (SSSR count). The van der Waals surface area contributed by atoms with Crippen molar-refractivity contribution in [1.29, 1.82) is 0 Å². The van der Waals surface area contributed by atoms with Gasteiger partial charge in [0.15, 0.2) is 23.0 Å². The molecule has 0 spiro atoms. The van der Waals surface area contributed by atoms with Crippen LogP contribution in [-0.2, 0) is 19.4 Å². The summed E-state index contributed by atoms with van der Waals surface area (Å²) >= 11 is 0. The number of hydrogen-bond acceptors (Lipinski definition) is 5. The zero-order chi connectivity index (χ0) is 18.3. The molecule has 0 saturated heterocycles. The molecule has 0 aromatic heterocycles. The van der Waals surface area contributed by atoms with Gasteiger partial charge in [0.2, 0.25) is 0 Å². The summed E-state index contributed by atoms with van der Waals surface area (Å²) in [6.45, 7) is 1.97. The summed E-state index contributed by atoms with van der Waals surface area (Å²) in [6.07, 6.45) is 1.96. The van der Waals surface area contributed by atoms with E-state index in [1.54, 1.807) is 28.4 Å². The standard InChI is InChI=1S/C21H25NO4/c1-23-18-8-13-5-6-22-12-15-10-20(25-3)21(26-4)11-16(15)17(22)7-14(13)9-19(18)24-2/h8-11,17H,5-7,12H2,1-4H3. The molecule has 0 bridgehead atoms. The topological polar surface area (TPSA) is 40.2 Å². The van der Waals surface area contributed by atoms with Gasteiger partial charge in [-0.2, -0.15) is 0 Å². The summed E-state index contributed by atoms with van der Waals surface area (Å²) < 4.78 is 22.0. The fourth-order valence-electron chi connectivity index (χ4n) is 4.24. The maximum Gasteiger partial charge on any atom is 0.161 e. The van der Waals surface area contributed by atoms with E-state index in [2.05, 4.69) is 29.2 Å². The molecule has 0 radical (unpaired) electrons. The van der Waals surface area contributed by atoms with Gasteiger partial charge in [-0.1, -0.05) is 0 Å². The third-order valence-corrected chi connectivity index (χ3v) is 5.61. The van der Waals surface area contributed by atoms with Crippen LogP contribution >= 0.6 is 0 Å². The molecule has 138 valence electrons. The van der Waals surface area contributed by atoms with Crippen molar-refractivity contribution in [2.75, 3.05) is 35.0 Å². The van der Waals surface area contributed by atoms with Crippen LogP contribution in [0.4, 0.5) is 0 Å². The monoisotopic (exact) mass is 355 g/mol. The number of rotatable bonds is 4. The lowest BCUT2D eigenvalue weighted by molar-refractivity contribution is 0.224. The maximum absolute atomic E-state index is 5.53. The average Bonchev–Trinajstić information content (AvgIpc) is 2.91. The van der Waals surface area contributed by atoms with Crippen LogP contribution in [0.1, 0.15) is 28.3 Å². The summed E-state index contributed by atoms with van der Waals surface area (Å²) in [5, 5.41) is 0. The predicted molar refractivity (Wildman–Crippen MR) is 99.7 cm³/mol. The van der Waals surface area contributed by atoms with Crippen LogP contribution in [0.3, 0.4) is 0 Å². The summed E-state index contributed by atoms with van der Waals surface area (Å²) in [4.78, 5) is 2.54. The van der Waals surface area contributed by atoms with Crippen LogP contribution in [-0.4, -0.2) is 39.9 Å². The second kappa shape index (κ2) is 6.72. The predicted octanol–water partition coefficient (Wildman–Crippen LogP) is 3.38. The molecule has 2 aliphatic rings. The molecule has 26 heavy (non-hydrogen) atoms. The van der Waals surface area contributed by atoms with Crippen molar-refractivity contribution in [3.8, 4) is 23.0 Å². The van der Waals surface area contributed by atoms with Crippen molar-refractivity contribution >= 4 is 0 Å². The fourth-order valence-corrected chi connectivity index (χ4v) is 4.24. The molecule has 2 aliphatic heterocycles. The first kappa shape index (κ1) is 17.0. The number of fused-ring (bicyclic) bond motifs is 4. The molecule has 5 nitrogen and oxygen atoms in total. The Morgan fingerprint density at radius 3 is 1.88 bits per heavy atom. The van der Waals surface area contributed by atoms with E-state index in [0.717, 1.165) is 48.9 Å². The SMILES string of the molecule is COc1cc2c(cc1OC)CC1c3cc(OC)c(OC)cc3CN1CC2. The molecule has 1 unspecified atom stereocenters. The van der Waals surface area contributed by atoms with E-state index in [1.165, 1.54) is 22.3 Å². The third kappa shape index (κ3) is 2.67. The van der Waals surface area contributed by atoms with Gasteiger partial charge in [0, 0.05) is 19.1 Å². The lowest BCUT2D eigenvalue weighted by Crippen LogP contribution is -2.23. The molecule has 5 heteroatoms. The van der Waals surface area contributed by atoms with Gasteiger partial charge in [-0.25, -0.2) is 0 Å². The lowest BCUT2D eigenvalue weighted by Gasteiger charge is -2.22. The highest BCUT2D eigenvalue weighted by molar-refractivity contribution is 5.53. The van der Waals surface area contributed by atoms with Crippen molar-refractivity contribution in [3.05, 3.63) is 46.5 Å². The smallest absolute Gasteiger partial charge is 0.161 e. The zero-order valence-electron chi connectivity index (χ0n) is 15.8. The number of ether oxygens (including phenoxy) is 4. The quantitative estimate of drug-likeness (QED) is 0.841. The molecule has 2 aromatic rings. The lowest BCUT2D eigenvalue weighted by atomic mass is 9.95. The summed E-state index contributed by atoms with van der Waals surface area (Å²) in [6, 6.07) is 8.88. The Balaban J connectivity index is 1.74. The highest BCUT2D eigenvalue weighted by atomic mass is 16.5. The van der Waals surface area contributed by atoms with E-state index in [1.807, 2.05) is 0 Å². The van der Waals surface area contributed by atoms with Crippen LogP contribution in [0, 0.1) is 0 Å². The largest absolute Gasteiger partial charge is 0.493 e. The zero-order valence-corrected chi connectivity index (χ0v) is 15.8. The minimum atomic E-state index is 0.351. The number of benzene rings is 2. The molecule has 0 amide bonds.